The molecule has 0 unspecified atom stereocenters. The molecule has 3 aromatic rings. The van der Waals surface area contributed by atoms with E-state index >= 15 is 0 Å². The molecule has 0 saturated carbocycles. The van der Waals surface area contributed by atoms with Gasteiger partial charge in [0.1, 0.15) is 0 Å². The van der Waals surface area contributed by atoms with E-state index < -0.39 is 0 Å². The molecule has 3 rings (SSSR count). The number of aryl methyl sites for hydroxylation is 1. The second kappa shape index (κ2) is 6.01. The Morgan fingerprint density at radius 3 is 2.86 bits per heavy atom. The minimum atomic E-state index is -0.0107. The molecule has 1 heterocycles. The van der Waals surface area contributed by atoms with E-state index in [0.29, 0.717) is 5.75 Å². The van der Waals surface area contributed by atoms with Crippen molar-refractivity contribution in [3.05, 3.63) is 54.2 Å². The molecule has 0 aliphatic carbocycles. The summed E-state index contributed by atoms with van der Waals surface area (Å²) in [5.41, 5.74) is 2.97. The Bertz CT molecular complexity index is 765. The lowest BCUT2D eigenvalue weighted by molar-refractivity contribution is -0.113. The molecule has 2 aromatic carbocycles. The van der Waals surface area contributed by atoms with Crippen LogP contribution < -0.4 is 5.32 Å². The van der Waals surface area contributed by atoms with E-state index in [1.165, 1.54) is 17.3 Å². The molecule has 2 N–H and O–H groups in total. The normalized spacial score (nSPS) is 10.7. The van der Waals surface area contributed by atoms with Crippen molar-refractivity contribution in [3.8, 4) is 0 Å². The number of anilines is 1. The smallest absolute Gasteiger partial charge is 0.234 e. The van der Waals surface area contributed by atoms with Crippen LogP contribution in [-0.2, 0) is 4.79 Å². The van der Waals surface area contributed by atoms with Gasteiger partial charge >= 0.3 is 0 Å². The maximum Gasteiger partial charge on any atom is 0.234 e. The molecule has 0 aliphatic heterocycles. The van der Waals surface area contributed by atoms with Crippen LogP contribution in [0.25, 0.3) is 10.9 Å². The highest BCUT2D eigenvalue weighted by Gasteiger charge is 2.05. The van der Waals surface area contributed by atoms with Gasteiger partial charge in [-0.15, -0.1) is 11.8 Å². The van der Waals surface area contributed by atoms with Gasteiger partial charge in [0.25, 0.3) is 0 Å². The third-order valence-corrected chi connectivity index (χ3v) is 4.13. The van der Waals surface area contributed by atoms with Gasteiger partial charge in [0.2, 0.25) is 5.91 Å². The van der Waals surface area contributed by atoms with Crippen LogP contribution in [0.3, 0.4) is 0 Å². The average Bonchev–Trinajstić information content (AvgIpc) is 2.94. The summed E-state index contributed by atoms with van der Waals surface area (Å²) in [7, 11) is 0. The highest BCUT2D eigenvalue weighted by Crippen LogP contribution is 2.20. The average molecular weight is 297 g/mol. The zero-order chi connectivity index (χ0) is 14.7. The number of aromatic amines is 1. The molecule has 0 fully saturated rings. The Kier molecular flexibility index (Phi) is 3.92. The van der Waals surface area contributed by atoms with Crippen LogP contribution in [0.2, 0.25) is 0 Å². The predicted octanol–water partition coefficient (Wildman–Crippen LogP) is 3.60. The minimum absolute atomic E-state index is 0.0107. The van der Waals surface area contributed by atoms with Crippen molar-refractivity contribution in [2.45, 2.75) is 11.8 Å². The number of aromatic nitrogens is 2. The van der Waals surface area contributed by atoms with Crippen molar-refractivity contribution in [1.82, 2.24) is 10.2 Å². The van der Waals surface area contributed by atoms with Crippen molar-refractivity contribution in [2.75, 3.05) is 11.1 Å². The summed E-state index contributed by atoms with van der Waals surface area (Å²) in [5.74, 6) is 0.385. The van der Waals surface area contributed by atoms with Gasteiger partial charge in [-0.05, 0) is 37.3 Å². The van der Waals surface area contributed by atoms with E-state index in [-0.39, 0.29) is 5.91 Å². The quantitative estimate of drug-likeness (QED) is 0.723. The van der Waals surface area contributed by atoms with Gasteiger partial charge in [0, 0.05) is 16.0 Å². The van der Waals surface area contributed by atoms with Gasteiger partial charge in [-0.1, -0.05) is 17.7 Å². The van der Waals surface area contributed by atoms with Crippen molar-refractivity contribution >= 4 is 34.3 Å². The fourth-order valence-corrected chi connectivity index (χ4v) is 2.70. The second-order valence-electron chi connectivity index (χ2n) is 4.82. The lowest BCUT2D eigenvalue weighted by Gasteiger charge is -2.05. The first-order valence-electron chi connectivity index (χ1n) is 6.63. The summed E-state index contributed by atoms with van der Waals surface area (Å²) in [6, 6.07) is 13.9. The van der Waals surface area contributed by atoms with Gasteiger partial charge < -0.3 is 5.32 Å². The van der Waals surface area contributed by atoms with E-state index in [0.717, 1.165) is 21.5 Å². The number of H-pyrrole nitrogens is 1. The first kappa shape index (κ1) is 13.7. The highest BCUT2D eigenvalue weighted by molar-refractivity contribution is 8.00. The standard InChI is InChI=1S/C16H15N3OS/c1-11-2-5-14(6-3-11)21-10-16(20)18-13-4-7-15-12(8-13)9-17-19-15/h2-9H,10H2,1H3,(H,17,19)(H,18,20). The molecule has 0 radical (unpaired) electrons. The molecular formula is C16H15N3OS. The van der Waals surface area contributed by atoms with Crippen molar-refractivity contribution in [2.24, 2.45) is 0 Å². The van der Waals surface area contributed by atoms with Gasteiger partial charge in [0.15, 0.2) is 0 Å². The van der Waals surface area contributed by atoms with Crippen LogP contribution in [0.4, 0.5) is 5.69 Å². The number of rotatable bonds is 4. The number of nitrogens with zero attached hydrogens (tertiary/aromatic N) is 1. The molecule has 0 atom stereocenters. The summed E-state index contributed by atoms with van der Waals surface area (Å²) < 4.78 is 0. The van der Waals surface area contributed by atoms with Crippen LogP contribution in [0.1, 0.15) is 5.56 Å². The monoisotopic (exact) mass is 297 g/mol. The Morgan fingerprint density at radius 1 is 1.24 bits per heavy atom. The van der Waals surface area contributed by atoms with E-state index in [4.69, 9.17) is 0 Å². The topological polar surface area (TPSA) is 57.8 Å². The maximum absolute atomic E-state index is 12.0. The number of fused-ring (bicyclic) bond motifs is 1. The summed E-state index contributed by atoms with van der Waals surface area (Å²) in [4.78, 5) is 13.1. The number of carbonyl (C=O) groups is 1. The summed E-state index contributed by atoms with van der Waals surface area (Å²) in [5, 5.41) is 10.7. The van der Waals surface area contributed by atoms with E-state index in [1.54, 1.807) is 6.20 Å². The molecule has 0 spiro atoms. The van der Waals surface area contributed by atoms with E-state index in [1.807, 2.05) is 49.4 Å². The van der Waals surface area contributed by atoms with E-state index in [2.05, 4.69) is 15.5 Å². The lowest BCUT2D eigenvalue weighted by Crippen LogP contribution is -2.13. The Labute approximate surface area is 126 Å². The molecule has 0 bridgehead atoms. The first-order valence-corrected chi connectivity index (χ1v) is 7.62. The number of hydrogen-bond acceptors (Lipinski definition) is 3. The molecule has 4 nitrogen and oxygen atoms in total. The summed E-state index contributed by atoms with van der Waals surface area (Å²) >= 11 is 1.53. The number of carbonyl (C=O) groups excluding carboxylic acids is 1. The Morgan fingerprint density at radius 2 is 2.05 bits per heavy atom. The van der Waals surface area contributed by atoms with Gasteiger partial charge in [-0.3, -0.25) is 9.89 Å². The maximum atomic E-state index is 12.0. The van der Waals surface area contributed by atoms with Gasteiger partial charge in [-0.2, -0.15) is 5.10 Å². The Hall–Kier alpha value is -2.27. The van der Waals surface area contributed by atoms with Crippen LogP contribution in [0.5, 0.6) is 0 Å². The number of thioether (sulfide) groups is 1. The van der Waals surface area contributed by atoms with Crippen LogP contribution in [0.15, 0.2) is 53.6 Å². The van der Waals surface area contributed by atoms with Gasteiger partial charge in [-0.25, -0.2) is 0 Å². The van der Waals surface area contributed by atoms with Gasteiger partial charge in [0.05, 0.1) is 17.5 Å². The zero-order valence-electron chi connectivity index (χ0n) is 11.6. The number of amides is 1. The predicted molar refractivity (Wildman–Crippen MR) is 86.6 cm³/mol. The third kappa shape index (κ3) is 3.44. The first-order chi connectivity index (χ1) is 10.2. The van der Waals surface area contributed by atoms with Crippen molar-refractivity contribution in [3.63, 3.8) is 0 Å². The molecule has 0 aliphatic rings. The largest absolute Gasteiger partial charge is 0.325 e. The zero-order valence-corrected chi connectivity index (χ0v) is 12.4. The molecule has 5 heteroatoms. The number of hydrogen-bond donors (Lipinski definition) is 2. The lowest BCUT2D eigenvalue weighted by atomic mass is 10.2. The summed E-state index contributed by atoms with van der Waals surface area (Å²) in [6.45, 7) is 2.05. The number of benzene rings is 2. The SMILES string of the molecule is Cc1ccc(SCC(=O)Nc2ccc3[nH]ncc3c2)cc1. The molecule has 106 valence electrons. The van der Waals surface area contributed by atoms with Crippen LogP contribution >= 0.6 is 11.8 Å². The van der Waals surface area contributed by atoms with Crippen molar-refractivity contribution < 1.29 is 4.79 Å². The molecule has 1 amide bonds. The molecule has 0 saturated heterocycles. The van der Waals surface area contributed by atoms with Crippen LogP contribution in [0, 0.1) is 6.92 Å². The minimum Gasteiger partial charge on any atom is -0.325 e. The van der Waals surface area contributed by atoms with Crippen LogP contribution in [-0.4, -0.2) is 21.9 Å². The van der Waals surface area contributed by atoms with E-state index in [9.17, 15) is 4.79 Å². The van der Waals surface area contributed by atoms with Crippen molar-refractivity contribution in [1.29, 1.82) is 0 Å². The molecule has 21 heavy (non-hydrogen) atoms. The Balaban J connectivity index is 1.59. The highest BCUT2D eigenvalue weighted by atomic mass is 32.2. The number of nitrogens with one attached hydrogen (secondary N) is 2. The molecular weight excluding hydrogens is 282 g/mol. The summed E-state index contributed by atoms with van der Waals surface area (Å²) in [6.07, 6.45) is 1.74. The third-order valence-electron chi connectivity index (χ3n) is 3.11. The second-order valence-corrected chi connectivity index (χ2v) is 5.87. The molecule has 1 aromatic heterocycles. The fourth-order valence-electron chi connectivity index (χ4n) is 2.00. The fraction of sp³-hybridized carbons (Fsp3) is 0.125.